The average Bonchev–Trinajstić information content (AvgIpc) is 2.96. The normalized spacial score (nSPS) is 17.1. The van der Waals surface area contributed by atoms with Crippen LogP contribution in [0.3, 0.4) is 0 Å². The van der Waals surface area contributed by atoms with Crippen LogP contribution in [0.5, 0.6) is 11.5 Å². The molecule has 11 heteroatoms. The van der Waals surface area contributed by atoms with Crippen LogP contribution >= 0.6 is 0 Å². The van der Waals surface area contributed by atoms with Crippen LogP contribution in [0.25, 0.3) is 11.1 Å². The van der Waals surface area contributed by atoms with E-state index in [0.29, 0.717) is 44.4 Å². The molecule has 3 rings (SSSR count). The van der Waals surface area contributed by atoms with Crippen LogP contribution in [0.15, 0.2) is 0 Å². The Bertz CT molecular complexity index is 1170. The summed E-state index contributed by atoms with van der Waals surface area (Å²) < 4.78 is 128. The number of carbonyl (C=O) groups is 1. The van der Waals surface area contributed by atoms with Gasteiger partial charge in [-0.1, -0.05) is 58.8 Å². The number of hydrogen-bond acceptors (Lipinski definition) is 3. The van der Waals surface area contributed by atoms with E-state index in [1.54, 1.807) is 0 Å². The molecule has 0 aromatic heterocycles. The highest BCUT2D eigenvalue weighted by atomic mass is 19.2. The molecule has 0 atom stereocenters. The topological polar surface area (TPSA) is 35.5 Å². The summed E-state index contributed by atoms with van der Waals surface area (Å²) in [6, 6.07) is 0. The predicted molar refractivity (Wildman–Crippen MR) is 136 cm³/mol. The molecule has 1 aliphatic rings. The predicted octanol–water partition coefficient (Wildman–Crippen LogP) is 9.72. The summed E-state index contributed by atoms with van der Waals surface area (Å²) in [6.45, 7) is 3.73. The fourth-order valence-corrected chi connectivity index (χ4v) is 5.21. The molecule has 0 bridgehead atoms. The summed E-state index contributed by atoms with van der Waals surface area (Å²) in [4.78, 5) is 12.5. The second-order valence-corrected chi connectivity index (χ2v) is 10.5. The maximum Gasteiger partial charge on any atom is 0.314 e. The van der Waals surface area contributed by atoms with Crippen LogP contribution in [0.2, 0.25) is 0 Å². The third kappa shape index (κ3) is 7.33. The first-order valence-electron chi connectivity index (χ1n) is 14.1. The van der Waals surface area contributed by atoms with Crippen molar-refractivity contribution in [3.63, 3.8) is 0 Å². The van der Waals surface area contributed by atoms with Crippen molar-refractivity contribution in [1.29, 1.82) is 0 Å². The highest BCUT2D eigenvalue weighted by Gasteiger charge is 2.37. The van der Waals surface area contributed by atoms with Gasteiger partial charge in [0, 0.05) is 0 Å². The Morgan fingerprint density at radius 3 is 1.56 bits per heavy atom. The standard InChI is InChI=1S/C30H34F8O3/c1-3-5-6-7-8-9-15-40-28-24(35)20(31)18(21(32)25(28)36)19-22(33)26(37)29(27(38)23(19)34)41-30(39)17-13-11-16(10-4-2)12-14-17/h16-17H,3-15H2,1-2H3. The molecule has 2 aromatic carbocycles. The van der Waals surface area contributed by atoms with Gasteiger partial charge in [-0.15, -0.1) is 0 Å². The molecule has 0 N–H and O–H groups in total. The zero-order valence-corrected chi connectivity index (χ0v) is 23.1. The fraction of sp³-hybridized carbons (Fsp3) is 0.567. The summed E-state index contributed by atoms with van der Waals surface area (Å²) in [5, 5.41) is 0. The van der Waals surface area contributed by atoms with Crippen LogP contribution in [0.1, 0.15) is 90.9 Å². The van der Waals surface area contributed by atoms with Crippen molar-refractivity contribution in [3.8, 4) is 22.6 Å². The number of ether oxygens (including phenoxy) is 2. The van der Waals surface area contributed by atoms with Gasteiger partial charge in [0.2, 0.25) is 29.0 Å². The highest BCUT2D eigenvalue weighted by molar-refractivity contribution is 5.76. The van der Waals surface area contributed by atoms with Gasteiger partial charge in [0.05, 0.1) is 23.7 Å². The molecule has 0 spiro atoms. The van der Waals surface area contributed by atoms with Crippen LogP contribution in [-0.4, -0.2) is 12.6 Å². The number of carbonyl (C=O) groups excluding carboxylic acids is 1. The quantitative estimate of drug-likeness (QED) is 0.0762. The van der Waals surface area contributed by atoms with Crippen molar-refractivity contribution in [3.05, 3.63) is 46.5 Å². The Balaban J connectivity index is 1.86. The van der Waals surface area contributed by atoms with Crippen molar-refractivity contribution >= 4 is 5.97 Å². The molecule has 228 valence electrons. The monoisotopic (exact) mass is 594 g/mol. The van der Waals surface area contributed by atoms with Gasteiger partial charge in [-0.3, -0.25) is 4.79 Å². The average molecular weight is 595 g/mol. The lowest BCUT2D eigenvalue weighted by atomic mass is 9.80. The molecule has 1 fully saturated rings. The van der Waals surface area contributed by atoms with Crippen LogP contribution < -0.4 is 9.47 Å². The van der Waals surface area contributed by atoms with Gasteiger partial charge in [-0.2, -0.15) is 17.6 Å². The second-order valence-electron chi connectivity index (χ2n) is 10.5. The molecule has 0 amide bonds. The Labute approximate surface area is 234 Å². The van der Waals surface area contributed by atoms with E-state index >= 15 is 0 Å². The number of esters is 1. The summed E-state index contributed by atoms with van der Waals surface area (Å²) in [6.07, 6.45) is 8.59. The zero-order chi connectivity index (χ0) is 30.3. The van der Waals surface area contributed by atoms with Gasteiger partial charge >= 0.3 is 5.97 Å². The lowest BCUT2D eigenvalue weighted by molar-refractivity contribution is -0.140. The van der Waals surface area contributed by atoms with E-state index in [9.17, 15) is 39.9 Å². The second kappa shape index (κ2) is 14.9. The maximum absolute atomic E-state index is 14.9. The van der Waals surface area contributed by atoms with E-state index in [1.807, 2.05) is 13.8 Å². The molecule has 0 saturated heterocycles. The van der Waals surface area contributed by atoms with Gasteiger partial charge in [0.1, 0.15) is 0 Å². The molecule has 1 aliphatic carbocycles. The zero-order valence-electron chi connectivity index (χ0n) is 23.1. The summed E-state index contributed by atoms with van der Waals surface area (Å²) in [7, 11) is 0. The molecular weight excluding hydrogens is 560 g/mol. The van der Waals surface area contributed by atoms with E-state index < -0.39 is 81.1 Å². The number of unbranched alkanes of at least 4 members (excludes halogenated alkanes) is 5. The van der Waals surface area contributed by atoms with E-state index in [-0.39, 0.29) is 6.61 Å². The minimum atomic E-state index is -2.39. The Morgan fingerprint density at radius 2 is 1.07 bits per heavy atom. The maximum atomic E-state index is 14.9. The molecule has 2 aromatic rings. The van der Waals surface area contributed by atoms with E-state index in [2.05, 4.69) is 4.74 Å². The van der Waals surface area contributed by atoms with Gasteiger partial charge in [-0.25, -0.2) is 17.6 Å². The first-order valence-corrected chi connectivity index (χ1v) is 14.1. The summed E-state index contributed by atoms with van der Waals surface area (Å²) >= 11 is 0. The smallest absolute Gasteiger partial charge is 0.314 e. The number of benzene rings is 2. The van der Waals surface area contributed by atoms with Gasteiger partial charge < -0.3 is 9.47 Å². The van der Waals surface area contributed by atoms with Crippen molar-refractivity contribution in [2.75, 3.05) is 6.61 Å². The van der Waals surface area contributed by atoms with E-state index in [0.717, 1.165) is 38.5 Å². The molecule has 41 heavy (non-hydrogen) atoms. The van der Waals surface area contributed by atoms with Crippen molar-refractivity contribution in [2.45, 2.75) is 90.9 Å². The number of hydrogen-bond donors (Lipinski definition) is 0. The fourth-order valence-electron chi connectivity index (χ4n) is 5.21. The third-order valence-electron chi connectivity index (χ3n) is 7.52. The minimum absolute atomic E-state index is 0.301. The van der Waals surface area contributed by atoms with Crippen LogP contribution in [0.4, 0.5) is 35.1 Å². The minimum Gasteiger partial charge on any atom is -0.487 e. The molecule has 3 nitrogen and oxygen atoms in total. The highest BCUT2D eigenvalue weighted by Crippen LogP contribution is 2.42. The van der Waals surface area contributed by atoms with Gasteiger partial charge in [-0.05, 0) is 38.0 Å². The molecule has 0 unspecified atom stereocenters. The SMILES string of the molecule is CCCCCCCCOc1c(F)c(F)c(-c2c(F)c(F)c(OC(=O)C3CCC(CCC)CC3)c(F)c2F)c(F)c1F. The lowest BCUT2D eigenvalue weighted by Crippen LogP contribution is -2.26. The summed E-state index contributed by atoms with van der Waals surface area (Å²) in [5.74, 6) is -22.9. The first-order chi connectivity index (χ1) is 19.5. The Hall–Kier alpha value is -2.85. The van der Waals surface area contributed by atoms with E-state index in [4.69, 9.17) is 4.74 Å². The third-order valence-corrected chi connectivity index (χ3v) is 7.52. The van der Waals surface area contributed by atoms with Crippen molar-refractivity contribution in [2.24, 2.45) is 11.8 Å². The molecule has 0 heterocycles. The number of rotatable bonds is 13. The van der Waals surface area contributed by atoms with E-state index in [1.165, 1.54) is 0 Å². The lowest BCUT2D eigenvalue weighted by Gasteiger charge is -2.27. The summed E-state index contributed by atoms with van der Waals surface area (Å²) in [5.41, 5.74) is -4.04. The van der Waals surface area contributed by atoms with Crippen LogP contribution in [0, 0.1) is 58.4 Å². The van der Waals surface area contributed by atoms with Gasteiger partial charge in [0.15, 0.2) is 29.0 Å². The number of halogens is 8. The van der Waals surface area contributed by atoms with Gasteiger partial charge in [0.25, 0.3) is 0 Å². The van der Waals surface area contributed by atoms with Crippen LogP contribution in [-0.2, 0) is 4.79 Å². The Kier molecular flexibility index (Phi) is 11.8. The molecule has 0 aliphatic heterocycles. The molecule has 0 radical (unpaired) electrons. The molecule has 1 saturated carbocycles. The Morgan fingerprint density at radius 1 is 0.610 bits per heavy atom. The first kappa shape index (κ1) is 32.7. The molecular formula is C30H34F8O3. The largest absolute Gasteiger partial charge is 0.487 e. The van der Waals surface area contributed by atoms with Crippen molar-refractivity contribution in [1.82, 2.24) is 0 Å². The van der Waals surface area contributed by atoms with Crippen molar-refractivity contribution < 1.29 is 49.4 Å².